The van der Waals surface area contributed by atoms with Gasteiger partial charge in [-0.15, -0.1) is 0 Å². The zero-order valence-electron chi connectivity index (χ0n) is 12.1. The zero-order valence-corrected chi connectivity index (χ0v) is 13.0. The fraction of sp³-hybridized carbons (Fsp3) is 1.00. The summed E-state index contributed by atoms with van der Waals surface area (Å²) >= 11 is 0. The van der Waals surface area contributed by atoms with Crippen LogP contribution < -0.4 is 5.90 Å². The molecule has 3 unspecified atom stereocenters. The Morgan fingerprint density at radius 1 is 1.06 bits per heavy atom. The van der Waals surface area contributed by atoms with Crippen LogP contribution in [0.4, 0.5) is 0 Å². The van der Waals surface area contributed by atoms with Crippen LogP contribution in [-0.4, -0.2) is 11.0 Å². The number of nitrogens with two attached hydrogens (primary N) is 1. The Hall–Kier alpha value is 0.0700. The van der Waals surface area contributed by atoms with Crippen LogP contribution in [-0.2, 0) is 13.7 Å². The Kier molecular flexibility index (Phi) is 8.31. The molecule has 0 bridgehead atoms. The van der Waals surface area contributed by atoms with Crippen molar-refractivity contribution in [1.29, 1.82) is 0 Å². The van der Waals surface area contributed by atoms with Crippen molar-refractivity contribution in [2.45, 2.75) is 60.0 Å². The highest BCUT2D eigenvalue weighted by atomic mass is 31.2. The first-order valence-electron chi connectivity index (χ1n) is 6.56. The van der Waals surface area contributed by atoms with Gasteiger partial charge in [-0.2, -0.15) is 0 Å². The zero-order chi connectivity index (χ0) is 14.3. The lowest BCUT2D eigenvalue weighted by atomic mass is 9.91. The fourth-order valence-corrected chi connectivity index (χ4v) is 2.87. The summed E-state index contributed by atoms with van der Waals surface area (Å²) in [6, 6.07) is 0. The predicted molar refractivity (Wildman–Crippen MR) is 72.7 cm³/mol. The second-order valence-corrected chi connectivity index (χ2v) is 7.26. The SMILES string of the molecule is CC(C)CC(C)CC(CC(C)C)OP(=O)(O)ON. The molecule has 3 atom stereocenters. The van der Waals surface area contributed by atoms with Crippen molar-refractivity contribution in [3.8, 4) is 0 Å². The topological polar surface area (TPSA) is 81.8 Å². The molecule has 0 aromatic carbocycles. The van der Waals surface area contributed by atoms with Crippen molar-refractivity contribution in [3.63, 3.8) is 0 Å². The maximum Gasteiger partial charge on any atom is 0.488 e. The van der Waals surface area contributed by atoms with Gasteiger partial charge in [-0.3, -0.25) is 4.52 Å². The third-order valence-electron chi connectivity index (χ3n) is 2.69. The molecule has 0 saturated heterocycles. The molecule has 0 amide bonds. The van der Waals surface area contributed by atoms with Gasteiger partial charge >= 0.3 is 7.82 Å². The van der Waals surface area contributed by atoms with Gasteiger partial charge in [0.05, 0.1) is 6.10 Å². The number of hydrogen-bond donors (Lipinski definition) is 2. The Balaban J connectivity index is 4.44. The minimum absolute atomic E-state index is 0.293. The van der Waals surface area contributed by atoms with Crippen molar-refractivity contribution in [2.75, 3.05) is 0 Å². The van der Waals surface area contributed by atoms with Crippen LogP contribution >= 0.6 is 7.82 Å². The van der Waals surface area contributed by atoms with Gasteiger partial charge in [0.1, 0.15) is 0 Å². The molecule has 110 valence electrons. The number of phosphoric ester groups is 1. The third kappa shape index (κ3) is 9.06. The lowest BCUT2D eigenvalue weighted by Gasteiger charge is -2.24. The molecule has 0 rings (SSSR count). The summed E-state index contributed by atoms with van der Waals surface area (Å²) in [7, 11) is -4.10. The van der Waals surface area contributed by atoms with Gasteiger partial charge in [-0.05, 0) is 37.0 Å². The molecule has 18 heavy (non-hydrogen) atoms. The summed E-state index contributed by atoms with van der Waals surface area (Å²) in [6.07, 6.45) is 2.23. The molecule has 0 radical (unpaired) electrons. The molecule has 0 aromatic rings. The quantitative estimate of drug-likeness (QED) is 0.499. The normalized spacial score (nSPS) is 18.9. The van der Waals surface area contributed by atoms with Crippen LogP contribution in [0.5, 0.6) is 0 Å². The monoisotopic (exact) mass is 281 g/mol. The maximum atomic E-state index is 11.4. The van der Waals surface area contributed by atoms with Crippen molar-refractivity contribution >= 4 is 7.82 Å². The van der Waals surface area contributed by atoms with Crippen LogP contribution in [0.3, 0.4) is 0 Å². The van der Waals surface area contributed by atoms with Gasteiger partial charge in [0.2, 0.25) is 0 Å². The average Bonchev–Trinajstić information content (AvgIpc) is 2.14. The molecular formula is C12H28NO4P. The predicted octanol–water partition coefficient (Wildman–Crippen LogP) is 3.48. The largest absolute Gasteiger partial charge is 0.488 e. The summed E-state index contributed by atoms with van der Waals surface area (Å²) in [6.45, 7) is 10.6. The maximum absolute atomic E-state index is 11.4. The second kappa shape index (κ2) is 8.28. The van der Waals surface area contributed by atoms with Crippen molar-refractivity contribution in [1.82, 2.24) is 0 Å². The summed E-state index contributed by atoms with van der Waals surface area (Å²) in [5.74, 6) is 6.19. The summed E-state index contributed by atoms with van der Waals surface area (Å²) in [5, 5.41) is 0. The van der Waals surface area contributed by atoms with E-state index in [-0.39, 0.29) is 6.10 Å². The summed E-state index contributed by atoms with van der Waals surface area (Å²) < 4.78 is 20.5. The van der Waals surface area contributed by atoms with E-state index in [4.69, 9.17) is 10.4 Å². The van der Waals surface area contributed by atoms with E-state index in [1.54, 1.807) is 0 Å². The first-order chi connectivity index (χ1) is 8.16. The van der Waals surface area contributed by atoms with Gasteiger partial charge in [-0.25, -0.2) is 15.1 Å². The van der Waals surface area contributed by atoms with Crippen LogP contribution in [0, 0.1) is 17.8 Å². The van der Waals surface area contributed by atoms with Gasteiger partial charge < -0.3 is 4.89 Å². The Labute approximate surface area is 111 Å². The molecule has 0 aliphatic rings. The number of phosphoric acid groups is 1. The molecule has 3 N–H and O–H groups in total. The van der Waals surface area contributed by atoms with E-state index in [9.17, 15) is 9.46 Å². The van der Waals surface area contributed by atoms with Gasteiger partial charge in [0.25, 0.3) is 0 Å². The highest BCUT2D eigenvalue weighted by Gasteiger charge is 2.27. The van der Waals surface area contributed by atoms with Crippen LogP contribution in [0.1, 0.15) is 53.9 Å². The van der Waals surface area contributed by atoms with E-state index in [1.807, 2.05) is 0 Å². The number of hydrogen-bond acceptors (Lipinski definition) is 4. The van der Waals surface area contributed by atoms with Gasteiger partial charge in [0.15, 0.2) is 0 Å². The highest BCUT2D eigenvalue weighted by molar-refractivity contribution is 7.47. The van der Waals surface area contributed by atoms with E-state index in [1.165, 1.54) is 0 Å². The highest BCUT2D eigenvalue weighted by Crippen LogP contribution is 2.44. The Morgan fingerprint density at radius 2 is 1.56 bits per heavy atom. The molecule has 0 fully saturated rings. The van der Waals surface area contributed by atoms with E-state index in [0.717, 1.165) is 19.3 Å². The van der Waals surface area contributed by atoms with E-state index in [0.29, 0.717) is 17.8 Å². The first-order valence-corrected chi connectivity index (χ1v) is 8.05. The molecule has 0 saturated carbocycles. The summed E-state index contributed by atoms with van der Waals surface area (Å²) in [4.78, 5) is 9.29. The van der Waals surface area contributed by atoms with E-state index in [2.05, 4.69) is 39.2 Å². The Bertz CT molecular complexity index is 271. The smallest absolute Gasteiger partial charge is 0.301 e. The molecule has 0 aromatic heterocycles. The lowest BCUT2D eigenvalue weighted by molar-refractivity contribution is 0.0767. The van der Waals surface area contributed by atoms with Gasteiger partial charge in [-0.1, -0.05) is 34.6 Å². The van der Waals surface area contributed by atoms with Crippen LogP contribution in [0.25, 0.3) is 0 Å². The minimum Gasteiger partial charge on any atom is -0.301 e. The van der Waals surface area contributed by atoms with Crippen molar-refractivity contribution in [2.24, 2.45) is 23.7 Å². The summed E-state index contributed by atoms with van der Waals surface area (Å²) in [5.41, 5.74) is 0. The van der Waals surface area contributed by atoms with Crippen LogP contribution in [0.2, 0.25) is 0 Å². The van der Waals surface area contributed by atoms with E-state index >= 15 is 0 Å². The lowest BCUT2D eigenvalue weighted by Crippen LogP contribution is -2.20. The standard InChI is InChI=1S/C12H28NO4P/c1-9(2)6-11(5)8-12(7-10(3)4)16-18(14,15)17-13/h9-12H,6-8,13H2,1-5H3,(H,14,15). The second-order valence-electron chi connectivity index (χ2n) is 5.90. The average molecular weight is 281 g/mol. The molecular weight excluding hydrogens is 253 g/mol. The number of rotatable bonds is 9. The molecule has 5 nitrogen and oxygen atoms in total. The first kappa shape index (κ1) is 18.1. The molecule has 0 aliphatic heterocycles. The molecule has 0 spiro atoms. The minimum atomic E-state index is -4.10. The van der Waals surface area contributed by atoms with Crippen LogP contribution in [0.15, 0.2) is 0 Å². The van der Waals surface area contributed by atoms with Crippen molar-refractivity contribution in [3.05, 3.63) is 0 Å². The van der Waals surface area contributed by atoms with Crippen molar-refractivity contribution < 1.29 is 18.6 Å². The van der Waals surface area contributed by atoms with E-state index < -0.39 is 7.82 Å². The molecule has 6 heteroatoms. The molecule has 0 aliphatic carbocycles. The fourth-order valence-electron chi connectivity index (χ4n) is 2.27. The van der Waals surface area contributed by atoms with Gasteiger partial charge in [0, 0.05) is 0 Å². The Morgan fingerprint density at radius 3 is 1.94 bits per heavy atom. The third-order valence-corrected chi connectivity index (χ3v) is 3.52. The molecule has 0 heterocycles.